The second-order valence-corrected chi connectivity index (χ2v) is 13.3. The molecule has 5 rings (SSSR count). The van der Waals surface area contributed by atoms with Gasteiger partial charge in [0.1, 0.15) is 5.65 Å². The van der Waals surface area contributed by atoms with Crippen LogP contribution in [0.2, 0.25) is 0 Å². The first-order valence-electron chi connectivity index (χ1n) is 15.5. The average molecular weight is 588 g/mol. The Morgan fingerprint density at radius 3 is 2.23 bits per heavy atom. The molecule has 1 aromatic carbocycles. The van der Waals surface area contributed by atoms with Gasteiger partial charge in [-0.25, -0.2) is 9.78 Å². The van der Waals surface area contributed by atoms with Crippen molar-refractivity contribution < 1.29 is 9.59 Å². The molecule has 3 amide bonds. The van der Waals surface area contributed by atoms with E-state index in [4.69, 9.17) is 4.98 Å². The molecule has 2 fully saturated rings. The maximum absolute atomic E-state index is 14.2. The van der Waals surface area contributed by atoms with E-state index in [0.717, 1.165) is 29.4 Å². The Labute approximate surface area is 253 Å². The lowest BCUT2D eigenvalue weighted by molar-refractivity contribution is -0.140. The number of piperidine rings is 2. The molecular weight excluding hydrogens is 542 g/mol. The standard InChI is InChI=1S/C33H45N7O3/c1-21(2)35-32(43)39-17-13-25(14-18-39)40-28-23(19-27(29(40)41)26-10-8-7-9-22(26)3)20-34-31(37-28)36-24-11-15-38(16-12-24)30(42)33(4,5)6/h7-10,19-21,24-25H,11-18H2,1-6H3,(H,35,43)(H,34,36,37). The number of pyridine rings is 1. The molecule has 2 N–H and O–H groups in total. The molecule has 0 saturated carbocycles. The van der Waals surface area contributed by atoms with Crippen molar-refractivity contribution in [3.05, 3.63) is 52.4 Å². The molecule has 230 valence electrons. The number of benzene rings is 1. The highest BCUT2D eigenvalue weighted by molar-refractivity contribution is 5.83. The summed E-state index contributed by atoms with van der Waals surface area (Å²) in [6.45, 7) is 14.3. The highest BCUT2D eigenvalue weighted by Gasteiger charge is 2.31. The third-order valence-electron chi connectivity index (χ3n) is 8.49. The first-order valence-corrected chi connectivity index (χ1v) is 15.5. The number of aryl methyl sites for hydroxylation is 1. The summed E-state index contributed by atoms with van der Waals surface area (Å²) >= 11 is 0. The molecule has 2 aromatic heterocycles. The van der Waals surface area contributed by atoms with Crippen LogP contribution in [0.1, 0.15) is 71.9 Å². The van der Waals surface area contributed by atoms with Crippen molar-refractivity contribution in [2.75, 3.05) is 31.5 Å². The Balaban J connectivity index is 1.44. The summed E-state index contributed by atoms with van der Waals surface area (Å²) in [6, 6.07) is 9.86. The lowest BCUT2D eigenvalue weighted by atomic mass is 9.93. The minimum absolute atomic E-state index is 0.0661. The Morgan fingerprint density at radius 1 is 0.953 bits per heavy atom. The van der Waals surface area contributed by atoms with Gasteiger partial charge in [-0.2, -0.15) is 4.98 Å². The zero-order valence-corrected chi connectivity index (χ0v) is 26.3. The minimum atomic E-state index is -0.392. The maximum Gasteiger partial charge on any atom is 0.317 e. The Kier molecular flexibility index (Phi) is 8.76. The van der Waals surface area contributed by atoms with Crippen LogP contribution in [0.3, 0.4) is 0 Å². The minimum Gasteiger partial charge on any atom is -0.351 e. The van der Waals surface area contributed by atoms with E-state index in [9.17, 15) is 14.4 Å². The van der Waals surface area contributed by atoms with E-state index in [1.165, 1.54) is 0 Å². The van der Waals surface area contributed by atoms with Crippen LogP contribution in [0.4, 0.5) is 10.7 Å². The zero-order chi connectivity index (χ0) is 30.9. The number of nitrogens with one attached hydrogen (secondary N) is 2. The second kappa shape index (κ2) is 12.3. The van der Waals surface area contributed by atoms with Gasteiger partial charge in [0.05, 0.1) is 0 Å². The van der Waals surface area contributed by atoms with Gasteiger partial charge in [0.25, 0.3) is 5.56 Å². The fraction of sp³-hybridized carbons (Fsp3) is 0.545. The van der Waals surface area contributed by atoms with Gasteiger partial charge in [-0.15, -0.1) is 0 Å². The summed E-state index contributed by atoms with van der Waals surface area (Å²) in [5, 5.41) is 7.25. The van der Waals surface area contributed by atoms with E-state index in [1.54, 1.807) is 6.20 Å². The normalized spacial score (nSPS) is 17.0. The Morgan fingerprint density at radius 2 is 1.60 bits per heavy atom. The lowest BCUT2D eigenvalue weighted by Crippen LogP contribution is -2.47. The second-order valence-electron chi connectivity index (χ2n) is 13.3. The molecule has 2 aliphatic rings. The van der Waals surface area contributed by atoms with Crippen molar-refractivity contribution in [2.45, 2.75) is 85.4 Å². The number of urea groups is 1. The summed E-state index contributed by atoms with van der Waals surface area (Å²) in [6.07, 6.45) is 4.72. The van der Waals surface area contributed by atoms with E-state index >= 15 is 0 Å². The number of anilines is 1. The van der Waals surface area contributed by atoms with Crippen molar-refractivity contribution in [2.24, 2.45) is 5.41 Å². The van der Waals surface area contributed by atoms with Crippen molar-refractivity contribution >= 4 is 28.9 Å². The van der Waals surface area contributed by atoms with Crippen molar-refractivity contribution in [1.82, 2.24) is 29.7 Å². The van der Waals surface area contributed by atoms with Gasteiger partial charge in [0.2, 0.25) is 11.9 Å². The average Bonchev–Trinajstić information content (AvgIpc) is 2.97. The fourth-order valence-corrected chi connectivity index (χ4v) is 6.15. The van der Waals surface area contributed by atoms with E-state index in [0.29, 0.717) is 56.2 Å². The van der Waals surface area contributed by atoms with E-state index in [1.807, 2.05) is 86.2 Å². The van der Waals surface area contributed by atoms with Crippen LogP contribution in [0.15, 0.2) is 41.3 Å². The predicted octanol–water partition coefficient (Wildman–Crippen LogP) is 4.97. The molecule has 0 unspecified atom stereocenters. The van der Waals surface area contributed by atoms with Crippen LogP contribution in [-0.2, 0) is 4.79 Å². The van der Waals surface area contributed by atoms with Gasteiger partial charge in [-0.3, -0.25) is 14.2 Å². The van der Waals surface area contributed by atoms with E-state index < -0.39 is 5.41 Å². The van der Waals surface area contributed by atoms with Crippen LogP contribution >= 0.6 is 0 Å². The number of carbonyl (C=O) groups is 2. The van der Waals surface area contributed by atoms with E-state index in [-0.39, 0.29) is 35.6 Å². The number of hydrogen-bond donors (Lipinski definition) is 2. The smallest absolute Gasteiger partial charge is 0.317 e. The molecule has 10 heteroatoms. The molecule has 0 spiro atoms. The topological polar surface area (TPSA) is 112 Å². The van der Waals surface area contributed by atoms with Crippen LogP contribution in [0.25, 0.3) is 22.2 Å². The van der Waals surface area contributed by atoms with Gasteiger partial charge in [0.15, 0.2) is 0 Å². The van der Waals surface area contributed by atoms with Gasteiger partial charge in [0, 0.05) is 66.9 Å². The number of carbonyl (C=O) groups excluding carboxylic acids is 2. The molecule has 3 aromatic rings. The molecule has 43 heavy (non-hydrogen) atoms. The monoisotopic (exact) mass is 587 g/mol. The summed E-state index contributed by atoms with van der Waals surface area (Å²) < 4.78 is 1.84. The molecule has 0 atom stereocenters. The van der Waals surface area contributed by atoms with Crippen molar-refractivity contribution in [3.8, 4) is 11.1 Å². The Bertz CT molecular complexity index is 1540. The van der Waals surface area contributed by atoms with Crippen LogP contribution in [0, 0.1) is 12.3 Å². The third-order valence-corrected chi connectivity index (χ3v) is 8.49. The number of fused-ring (bicyclic) bond motifs is 1. The number of rotatable bonds is 5. The zero-order valence-electron chi connectivity index (χ0n) is 26.3. The summed E-state index contributed by atoms with van der Waals surface area (Å²) in [5.74, 6) is 0.660. The van der Waals surface area contributed by atoms with Gasteiger partial charge in [-0.1, -0.05) is 45.0 Å². The maximum atomic E-state index is 14.2. The molecule has 0 bridgehead atoms. The van der Waals surface area contributed by atoms with Crippen LogP contribution < -0.4 is 16.2 Å². The number of nitrogens with zero attached hydrogens (tertiary/aromatic N) is 5. The molecule has 0 aliphatic carbocycles. The fourth-order valence-electron chi connectivity index (χ4n) is 6.15. The first-order chi connectivity index (χ1) is 20.4. The predicted molar refractivity (Wildman–Crippen MR) is 170 cm³/mol. The Hall–Kier alpha value is -3.95. The highest BCUT2D eigenvalue weighted by atomic mass is 16.2. The van der Waals surface area contributed by atoms with Crippen molar-refractivity contribution in [1.29, 1.82) is 0 Å². The van der Waals surface area contributed by atoms with Gasteiger partial charge >= 0.3 is 6.03 Å². The number of amides is 3. The lowest BCUT2D eigenvalue weighted by Gasteiger charge is -2.36. The van der Waals surface area contributed by atoms with Gasteiger partial charge in [-0.05, 0) is 63.6 Å². The van der Waals surface area contributed by atoms with Crippen molar-refractivity contribution in [3.63, 3.8) is 0 Å². The number of aromatic nitrogens is 3. The van der Waals surface area contributed by atoms with Crippen LogP contribution in [-0.4, -0.2) is 74.5 Å². The molecule has 2 aliphatic heterocycles. The number of hydrogen-bond acceptors (Lipinski definition) is 6. The summed E-state index contributed by atoms with van der Waals surface area (Å²) in [4.78, 5) is 52.9. The summed E-state index contributed by atoms with van der Waals surface area (Å²) in [7, 11) is 0. The first kappa shape index (κ1) is 30.5. The summed E-state index contributed by atoms with van der Waals surface area (Å²) in [5.41, 5.74) is 2.69. The SMILES string of the molecule is Cc1ccccc1-c1cc2cnc(NC3CCN(C(=O)C(C)(C)C)CC3)nc2n(C2CCN(C(=O)NC(C)C)CC2)c1=O. The highest BCUT2D eigenvalue weighted by Crippen LogP contribution is 2.29. The molecule has 0 radical (unpaired) electrons. The molecule has 10 nitrogen and oxygen atoms in total. The quantitative estimate of drug-likeness (QED) is 0.436. The third kappa shape index (κ3) is 6.68. The van der Waals surface area contributed by atoms with Crippen LogP contribution in [0.5, 0.6) is 0 Å². The molecular formula is C33H45N7O3. The number of likely N-dealkylation sites (tertiary alicyclic amines) is 2. The largest absolute Gasteiger partial charge is 0.351 e. The van der Waals surface area contributed by atoms with E-state index in [2.05, 4.69) is 15.6 Å². The molecule has 4 heterocycles. The van der Waals surface area contributed by atoms with Gasteiger partial charge < -0.3 is 20.4 Å². The molecule has 2 saturated heterocycles.